The van der Waals surface area contributed by atoms with E-state index >= 15 is 0 Å². The van der Waals surface area contributed by atoms with Gasteiger partial charge in [0.1, 0.15) is 5.69 Å². The number of nitrogens with two attached hydrogens (primary N) is 1. The van der Waals surface area contributed by atoms with Crippen molar-refractivity contribution in [2.45, 2.75) is 6.92 Å². The van der Waals surface area contributed by atoms with Gasteiger partial charge in [-0.1, -0.05) is 0 Å². The van der Waals surface area contributed by atoms with Crippen molar-refractivity contribution in [3.8, 4) is 11.4 Å². The molecule has 0 fully saturated rings. The molecule has 0 amide bonds. The van der Waals surface area contributed by atoms with Gasteiger partial charge in [0.05, 0.1) is 16.3 Å². The second-order valence-electron chi connectivity index (χ2n) is 4.07. The molecule has 0 atom stereocenters. The summed E-state index contributed by atoms with van der Waals surface area (Å²) < 4.78 is 1.67. The average Bonchev–Trinajstić information content (AvgIpc) is 3.00. The molecule has 0 saturated heterocycles. The van der Waals surface area contributed by atoms with Crippen LogP contribution in [0.1, 0.15) is 5.69 Å². The fourth-order valence-electron chi connectivity index (χ4n) is 2.07. The normalized spacial score (nSPS) is 10.9. The van der Waals surface area contributed by atoms with Gasteiger partial charge < -0.3 is 0 Å². The van der Waals surface area contributed by atoms with Crippen LogP contribution in [0.5, 0.6) is 0 Å². The van der Waals surface area contributed by atoms with Crippen LogP contribution in [0.2, 0.25) is 0 Å². The number of thiazole rings is 1. The lowest BCUT2D eigenvalue weighted by Crippen LogP contribution is -2.05. The minimum atomic E-state index is -0.445. The molecule has 3 N–H and O–H groups in total. The molecule has 0 aliphatic rings. The number of nitrogen functional groups attached to an aromatic ring is 1. The minimum Gasteiger partial charge on any atom is -0.300 e. The molecule has 0 radical (unpaired) electrons. The van der Waals surface area contributed by atoms with Gasteiger partial charge in [0.25, 0.3) is 0 Å². The zero-order valence-electron chi connectivity index (χ0n) is 10.4. The first-order valence-electron chi connectivity index (χ1n) is 5.66. The fourth-order valence-corrected chi connectivity index (χ4v) is 2.67. The summed E-state index contributed by atoms with van der Waals surface area (Å²) in [7, 11) is 0. The van der Waals surface area contributed by atoms with E-state index in [1.807, 2.05) is 5.38 Å². The number of hydrogen-bond donors (Lipinski definition) is 2. The van der Waals surface area contributed by atoms with Gasteiger partial charge in [0.2, 0.25) is 5.65 Å². The number of nitrogens with zero attached hydrogens (tertiary/aromatic N) is 4. The average molecular weight is 290 g/mol. The van der Waals surface area contributed by atoms with Gasteiger partial charge in [0, 0.05) is 17.6 Å². The summed E-state index contributed by atoms with van der Waals surface area (Å²) in [5.41, 5.74) is 4.82. The summed E-state index contributed by atoms with van der Waals surface area (Å²) >= 11 is 1.35. The van der Waals surface area contributed by atoms with Crippen molar-refractivity contribution in [1.82, 2.24) is 14.4 Å². The van der Waals surface area contributed by atoms with Crippen LogP contribution >= 0.6 is 11.3 Å². The first-order chi connectivity index (χ1) is 9.61. The standard InChI is InChI=1S/C11H10N6O2S/c1-6-9(7-5-20-11(14-7)15-12)16-4-2-3-8(17(18)19)10(16)13-6/h2-5H,12H2,1H3,(H,14,15). The zero-order chi connectivity index (χ0) is 14.3. The van der Waals surface area contributed by atoms with Crippen LogP contribution in [0, 0.1) is 17.0 Å². The second kappa shape index (κ2) is 4.54. The Labute approximate surface area is 117 Å². The summed E-state index contributed by atoms with van der Waals surface area (Å²) in [5.74, 6) is 5.32. The number of nitro groups is 1. The highest BCUT2D eigenvalue weighted by Crippen LogP contribution is 2.30. The van der Waals surface area contributed by atoms with Crippen LogP contribution in [0.3, 0.4) is 0 Å². The first kappa shape index (κ1) is 12.5. The van der Waals surface area contributed by atoms with Gasteiger partial charge in [-0.05, 0) is 13.0 Å². The van der Waals surface area contributed by atoms with E-state index < -0.39 is 4.92 Å². The van der Waals surface area contributed by atoms with E-state index in [1.165, 1.54) is 17.4 Å². The molecule has 3 aromatic heterocycles. The Morgan fingerprint density at radius 1 is 1.50 bits per heavy atom. The van der Waals surface area contributed by atoms with Crippen molar-refractivity contribution < 1.29 is 4.92 Å². The van der Waals surface area contributed by atoms with E-state index in [1.54, 1.807) is 23.6 Å². The lowest BCUT2D eigenvalue weighted by atomic mass is 10.3. The molecular weight excluding hydrogens is 280 g/mol. The molecule has 3 heterocycles. The largest absolute Gasteiger partial charge is 0.312 e. The van der Waals surface area contributed by atoms with Crippen LogP contribution in [0.25, 0.3) is 17.0 Å². The smallest absolute Gasteiger partial charge is 0.300 e. The maximum Gasteiger partial charge on any atom is 0.312 e. The Kier molecular flexibility index (Phi) is 2.84. The molecule has 0 aliphatic heterocycles. The number of aromatic nitrogens is 3. The zero-order valence-corrected chi connectivity index (χ0v) is 11.2. The number of nitrogens with one attached hydrogen (secondary N) is 1. The highest BCUT2D eigenvalue weighted by atomic mass is 32.1. The van der Waals surface area contributed by atoms with Crippen molar-refractivity contribution >= 4 is 27.8 Å². The Morgan fingerprint density at radius 2 is 2.30 bits per heavy atom. The number of hydrogen-bond acceptors (Lipinski definition) is 7. The first-order valence-corrected chi connectivity index (χ1v) is 6.54. The molecule has 20 heavy (non-hydrogen) atoms. The molecule has 0 spiro atoms. The lowest BCUT2D eigenvalue weighted by Gasteiger charge is -1.99. The maximum atomic E-state index is 11.0. The number of fused-ring (bicyclic) bond motifs is 1. The third kappa shape index (κ3) is 1.80. The van der Waals surface area contributed by atoms with Gasteiger partial charge in [0.15, 0.2) is 5.13 Å². The Balaban J connectivity index is 2.28. The number of rotatable bonds is 3. The highest BCUT2D eigenvalue weighted by molar-refractivity contribution is 7.14. The number of pyridine rings is 1. The minimum absolute atomic E-state index is 0.0331. The molecule has 3 aromatic rings. The van der Waals surface area contributed by atoms with E-state index in [4.69, 9.17) is 5.84 Å². The van der Waals surface area contributed by atoms with Crippen molar-refractivity contribution in [2.24, 2.45) is 5.84 Å². The van der Waals surface area contributed by atoms with Crippen LogP contribution in [0.15, 0.2) is 23.7 Å². The molecule has 0 saturated carbocycles. The van der Waals surface area contributed by atoms with Crippen LogP contribution in [-0.4, -0.2) is 19.3 Å². The van der Waals surface area contributed by atoms with E-state index in [-0.39, 0.29) is 5.69 Å². The van der Waals surface area contributed by atoms with Crippen molar-refractivity contribution in [2.75, 3.05) is 5.43 Å². The SMILES string of the molecule is Cc1nc2c([N+](=O)[O-])cccn2c1-c1csc(NN)n1. The number of aryl methyl sites for hydroxylation is 1. The third-order valence-corrected chi connectivity index (χ3v) is 3.64. The topological polar surface area (TPSA) is 111 Å². The number of hydrazine groups is 1. The molecule has 3 rings (SSSR count). The molecule has 0 aliphatic carbocycles. The summed E-state index contributed by atoms with van der Waals surface area (Å²) in [6.45, 7) is 1.79. The monoisotopic (exact) mass is 290 g/mol. The maximum absolute atomic E-state index is 11.0. The summed E-state index contributed by atoms with van der Waals surface area (Å²) in [4.78, 5) is 19.2. The van der Waals surface area contributed by atoms with E-state index in [9.17, 15) is 10.1 Å². The highest BCUT2D eigenvalue weighted by Gasteiger charge is 2.20. The molecule has 0 unspecified atom stereocenters. The van der Waals surface area contributed by atoms with E-state index in [0.29, 0.717) is 22.2 Å². The quantitative estimate of drug-likeness (QED) is 0.433. The lowest BCUT2D eigenvalue weighted by molar-refractivity contribution is -0.383. The molecule has 8 nitrogen and oxygen atoms in total. The predicted molar refractivity (Wildman–Crippen MR) is 75.5 cm³/mol. The Bertz CT molecular complexity index is 808. The van der Waals surface area contributed by atoms with E-state index in [2.05, 4.69) is 15.4 Å². The third-order valence-electron chi connectivity index (χ3n) is 2.87. The molecule has 0 bridgehead atoms. The second-order valence-corrected chi connectivity index (χ2v) is 4.93. The number of anilines is 1. The number of imidazole rings is 1. The summed E-state index contributed by atoms with van der Waals surface area (Å²) in [6, 6.07) is 3.05. The van der Waals surface area contributed by atoms with Crippen LogP contribution < -0.4 is 11.3 Å². The van der Waals surface area contributed by atoms with Gasteiger partial charge in [-0.2, -0.15) is 0 Å². The molecule has 102 valence electrons. The van der Waals surface area contributed by atoms with Crippen molar-refractivity contribution in [1.29, 1.82) is 0 Å². The summed E-state index contributed by atoms with van der Waals surface area (Å²) in [5, 5.41) is 13.4. The van der Waals surface area contributed by atoms with Crippen LogP contribution in [-0.2, 0) is 0 Å². The van der Waals surface area contributed by atoms with Gasteiger partial charge in [-0.3, -0.25) is 19.9 Å². The van der Waals surface area contributed by atoms with Crippen molar-refractivity contribution in [3.63, 3.8) is 0 Å². The van der Waals surface area contributed by atoms with Gasteiger partial charge in [-0.25, -0.2) is 15.8 Å². The Hall–Kier alpha value is -2.52. The predicted octanol–water partition coefficient (Wildman–Crippen LogP) is 1.96. The molecular formula is C11H10N6O2S. The Morgan fingerprint density at radius 3 is 2.95 bits per heavy atom. The molecule has 9 heteroatoms. The fraction of sp³-hybridized carbons (Fsp3) is 0.0909. The molecule has 0 aromatic carbocycles. The van der Waals surface area contributed by atoms with E-state index in [0.717, 1.165) is 5.69 Å². The summed E-state index contributed by atoms with van der Waals surface area (Å²) in [6.07, 6.45) is 1.73. The van der Waals surface area contributed by atoms with Crippen molar-refractivity contribution in [3.05, 3.63) is 39.5 Å². The van der Waals surface area contributed by atoms with Gasteiger partial charge >= 0.3 is 5.69 Å². The van der Waals surface area contributed by atoms with Gasteiger partial charge in [-0.15, -0.1) is 11.3 Å². The van der Waals surface area contributed by atoms with Crippen LogP contribution in [0.4, 0.5) is 10.8 Å².